The highest BCUT2D eigenvalue weighted by Crippen LogP contribution is 2.17. The first-order valence-corrected chi connectivity index (χ1v) is 18.5. The Morgan fingerprint density at radius 1 is 0.439 bits per heavy atom. The van der Waals surface area contributed by atoms with Crippen LogP contribution in [0.15, 0.2) is 0 Å². The molecule has 244 valence electrons. The molecule has 0 aliphatic carbocycles. The van der Waals surface area contributed by atoms with E-state index in [2.05, 4.69) is 13.8 Å². The number of hydrogen-bond acceptors (Lipinski definition) is 3. The van der Waals surface area contributed by atoms with Crippen molar-refractivity contribution in [1.82, 2.24) is 0 Å². The normalized spacial score (nSPS) is 12.0. The maximum Gasteiger partial charge on any atom is 0.345 e. The van der Waals surface area contributed by atoms with Gasteiger partial charge in [-0.05, 0) is 19.3 Å². The number of aliphatic carboxylic acids is 1. The van der Waals surface area contributed by atoms with Crippen LogP contribution in [-0.4, -0.2) is 23.1 Å². The van der Waals surface area contributed by atoms with Gasteiger partial charge in [0.05, 0.1) is 0 Å². The molecule has 0 aromatic carbocycles. The summed E-state index contributed by atoms with van der Waals surface area (Å²) < 4.78 is 5.31. The van der Waals surface area contributed by atoms with E-state index in [4.69, 9.17) is 4.74 Å². The summed E-state index contributed by atoms with van der Waals surface area (Å²) in [5.74, 6) is -1.34. The quantitative estimate of drug-likeness (QED) is 0.0607. The third-order valence-corrected chi connectivity index (χ3v) is 8.60. The Balaban J connectivity index is 3.50. The number of carbonyl (C=O) groups is 2. The Morgan fingerprint density at radius 2 is 0.707 bits per heavy atom. The number of rotatable bonds is 34. The van der Waals surface area contributed by atoms with Crippen LogP contribution in [0.3, 0.4) is 0 Å². The van der Waals surface area contributed by atoms with Gasteiger partial charge in [0.2, 0.25) is 0 Å². The number of esters is 1. The van der Waals surface area contributed by atoms with Gasteiger partial charge in [-0.15, -0.1) is 0 Å². The highest BCUT2D eigenvalue weighted by Gasteiger charge is 2.21. The molecule has 0 aliphatic rings. The SMILES string of the molecule is CCCCCCCCCCCCCCCCCCCCC(OC(=O)CCCCCCCCCCCCCC)C(=O)O. The van der Waals surface area contributed by atoms with Gasteiger partial charge in [0.25, 0.3) is 0 Å². The second-order valence-corrected chi connectivity index (χ2v) is 12.8. The van der Waals surface area contributed by atoms with Crippen LogP contribution in [0.1, 0.15) is 219 Å². The van der Waals surface area contributed by atoms with Crippen LogP contribution < -0.4 is 0 Å². The van der Waals surface area contributed by atoms with Crippen LogP contribution in [0.4, 0.5) is 0 Å². The fraction of sp³-hybridized carbons (Fsp3) is 0.946. The van der Waals surface area contributed by atoms with E-state index in [1.54, 1.807) is 0 Å². The first-order valence-electron chi connectivity index (χ1n) is 18.5. The van der Waals surface area contributed by atoms with Crippen LogP contribution in [0.25, 0.3) is 0 Å². The molecular formula is C37H72O4. The van der Waals surface area contributed by atoms with Crippen LogP contribution in [0, 0.1) is 0 Å². The van der Waals surface area contributed by atoms with Crippen molar-refractivity contribution in [3.8, 4) is 0 Å². The molecule has 0 spiro atoms. The first kappa shape index (κ1) is 39.9. The molecule has 0 saturated heterocycles. The standard InChI is InChI=1S/C37H72O4/c1-3-5-7-9-11-13-15-17-18-19-20-21-22-23-25-27-29-31-33-35(37(39)40)41-36(38)34-32-30-28-26-24-16-14-12-10-8-6-4-2/h35H,3-34H2,1-2H3,(H,39,40). The van der Waals surface area contributed by atoms with Gasteiger partial charge in [0.15, 0.2) is 6.10 Å². The highest BCUT2D eigenvalue weighted by molar-refractivity contribution is 5.77. The predicted molar refractivity (Wildman–Crippen MR) is 177 cm³/mol. The van der Waals surface area contributed by atoms with Crippen LogP contribution in [-0.2, 0) is 14.3 Å². The molecule has 1 unspecified atom stereocenters. The number of carboxylic acid groups (broad SMARTS) is 1. The molecule has 41 heavy (non-hydrogen) atoms. The fourth-order valence-corrected chi connectivity index (χ4v) is 5.79. The van der Waals surface area contributed by atoms with Crippen molar-refractivity contribution in [3.63, 3.8) is 0 Å². The number of carboxylic acids is 1. The predicted octanol–water partition coefficient (Wildman–Crippen LogP) is 12.5. The van der Waals surface area contributed by atoms with E-state index in [1.807, 2.05) is 0 Å². The molecule has 1 N–H and O–H groups in total. The topological polar surface area (TPSA) is 63.6 Å². The summed E-state index contributed by atoms with van der Waals surface area (Å²) in [6, 6.07) is 0. The van der Waals surface area contributed by atoms with E-state index in [9.17, 15) is 14.7 Å². The number of ether oxygens (including phenoxy) is 1. The van der Waals surface area contributed by atoms with Gasteiger partial charge in [-0.2, -0.15) is 0 Å². The molecule has 0 bridgehead atoms. The summed E-state index contributed by atoms with van der Waals surface area (Å²) in [6.45, 7) is 4.54. The number of carbonyl (C=O) groups excluding carboxylic acids is 1. The molecule has 4 heteroatoms. The lowest BCUT2D eigenvalue weighted by Gasteiger charge is -2.13. The molecule has 0 aliphatic heterocycles. The molecular weight excluding hydrogens is 508 g/mol. The summed E-state index contributed by atoms with van der Waals surface area (Å²) in [4.78, 5) is 23.7. The van der Waals surface area contributed by atoms with Gasteiger partial charge in [0.1, 0.15) is 0 Å². The molecule has 0 heterocycles. The second-order valence-electron chi connectivity index (χ2n) is 12.8. The lowest BCUT2D eigenvalue weighted by atomic mass is 10.0. The van der Waals surface area contributed by atoms with Gasteiger partial charge in [0, 0.05) is 6.42 Å². The van der Waals surface area contributed by atoms with Crippen LogP contribution >= 0.6 is 0 Å². The Morgan fingerprint density at radius 3 is 1.00 bits per heavy atom. The van der Waals surface area contributed by atoms with Crippen molar-refractivity contribution in [3.05, 3.63) is 0 Å². The Kier molecular flexibility index (Phi) is 32.6. The average Bonchev–Trinajstić information content (AvgIpc) is 2.96. The first-order chi connectivity index (χ1) is 20.1. The molecule has 0 aromatic rings. The summed E-state index contributed by atoms with van der Waals surface area (Å²) >= 11 is 0. The summed E-state index contributed by atoms with van der Waals surface area (Å²) in [5, 5.41) is 9.46. The van der Waals surface area contributed by atoms with E-state index in [1.165, 1.54) is 154 Å². The van der Waals surface area contributed by atoms with Crippen molar-refractivity contribution < 1.29 is 19.4 Å². The minimum Gasteiger partial charge on any atom is -0.479 e. The smallest absolute Gasteiger partial charge is 0.345 e. The van der Waals surface area contributed by atoms with Gasteiger partial charge in [-0.25, -0.2) is 4.79 Å². The van der Waals surface area contributed by atoms with E-state index >= 15 is 0 Å². The van der Waals surface area contributed by atoms with Crippen LogP contribution in [0.2, 0.25) is 0 Å². The summed E-state index contributed by atoms with van der Waals surface area (Å²) in [5.41, 5.74) is 0. The minimum atomic E-state index is -1.000. The lowest BCUT2D eigenvalue weighted by Crippen LogP contribution is -2.27. The zero-order chi connectivity index (χ0) is 30.1. The van der Waals surface area contributed by atoms with Crippen molar-refractivity contribution in [2.75, 3.05) is 0 Å². The molecule has 1 atom stereocenters. The summed E-state index contributed by atoms with van der Waals surface area (Å²) in [6.07, 6.45) is 38.5. The zero-order valence-corrected chi connectivity index (χ0v) is 27.9. The van der Waals surface area contributed by atoms with Gasteiger partial charge in [-0.3, -0.25) is 4.79 Å². The fourth-order valence-electron chi connectivity index (χ4n) is 5.79. The van der Waals surface area contributed by atoms with Gasteiger partial charge >= 0.3 is 11.9 Å². The maximum absolute atomic E-state index is 12.1. The van der Waals surface area contributed by atoms with E-state index in [0.717, 1.165) is 38.5 Å². The molecule has 0 aromatic heterocycles. The monoisotopic (exact) mass is 581 g/mol. The van der Waals surface area contributed by atoms with Gasteiger partial charge in [-0.1, -0.05) is 194 Å². The lowest BCUT2D eigenvalue weighted by molar-refractivity contribution is -0.164. The third kappa shape index (κ3) is 31.7. The molecule has 0 saturated carbocycles. The highest BCUT2D eigenvalue weighted by atomic mass is 16.6. The van der Waals surface area contributed by atoms with Crippen molar-refractivity contribution in [2.24, 2.45) is 0 Å². The number of unbranched alkanes of at least 4 members (excludes halogenated alkanes) is 28. The van der Waals surface area contributed by atoms with Gasteiger partial charge < -0.3 is 9.84 Å². The molecule has 0 amide bonds. The Bertz CT molecular complexity index is 547. The average molecular weight is 581 g/mol. The van der Waals surface area contributed by atoms with E-state index < -0.39 is 12.1 Å². The molecule has 4 nitrogen and oxygen atoms in total. The van der Waals surface area contributed by atoms with E-state index in [0.29, 0.717) is 12.8 Å². The maximum atomic E-state index is 12.1. The minimum absolute atomic E-state index is 0.341. The van der Waals surface area contributed by atoms with Crippen LogP contribution in [0.5, 0.6) is 0 Å². The third-order valence-electron chi connectivity index (χ3n) is 8.60. The molecule has 0 rings (SSSR count). The Hall–Kier alpha value is -1.06. The second kappa shape index (κ2) is 33.4. The van der Waals surface area contributed by atoms with E-state index in [-0.39, 0.29) is 5.97 Å². The van der Waals surface area contributed by atoms with Crippen molar-refractivity contribution >= 4 is 11.9 Å². The van der Waals surface area contributed by atoms with Crippen molar-refractivity contribution in [1.29, 1.82) is 0 Å². The zero-order valence-electron chi connectivity index (χ0n) is 27.9. The molecule has 0 radical (unpaired) electrons. The number of hydrogen-bond donors (Lipinski definition) is 1. The Labute approximate surface area is 256 Å². The van der Waals surface area contributed by atoms with Crippen molar-refractivity contribution in [2.45, 2.75) is 225 Å². The molecule has 0 fully saturated rings. The largest absolute Gasteiger partial charge is 0.479 e. The summed E-state index contributed by atoms with van der Waals surface area (Å²) in [7, 11) is 0.